The van der Waals surface area contributed by atoms with Gasteiger partial charge in [-0.3, -0.25) is 0 Å². The first-order valence-electron chi connectivity index (χ1n) is 4.38. The fourth-order valence-electron chi connectivity index (χ4n) is 1.49. The molecule has 1 heterocycles. The van der Waals surface area contributed by atoms with Crippen molar-refractivity contribution in [3.05, 3.63) is 0 Å². The van der Waals surface area contributed by atoms with Gasteiger partial charge in [0, 0.05) is 0 Å². The zero-order chi connectivity index (χ0) is 10.0. The number of rotatable bonds is 2. The lowest BCUT2D eigenvalue weighted by atomic mass is 9.95. The number of aliphatic hydroxyl groups excluding tert-OH is 3. The third kappa shape index (κ3) is 1.99. The third-order valence-electron chi connectivity index (χ3n) is 2.35. The standard InChI is InChI=1S/C8H15FO4/c1-2-4-7(11)6(9)8(12)5(3-10)13-4/h4-8,10-12H,2-3H2,1H3/t4-,5?,6+,7?,8+/m0/s1. The highest BCUT2D eigenvalue weighted by atomic mass is 19.1. The Morgan fingerprint density at radius 2 is 1.77 bits per heavy atom. The molecule has 1 aliphatic heterocycles. The van der Waals surface area contributed by atoms with Crippen LogP contribution in [0.1, 0.15) is 13.3 Å². The minimum absolute atomic E-state index is 0.440. The van der Waals surface area contributed by atoms with Crippen molar-refractivity contribution in [2.75, 3.05) is 6.61 Å². The topological polar surface area (TPSA) is 69.9 Å². The van der Waals surface area contributed by atoms with Gasteiger partial charge in [-0.1, -0.05) is 6.92 Å². The first-order valence-corrected chi connectivity index (χ1v) is 4.38. The molecule has 5 atom stereocenters. The van der Waals surface area contributed by atoms with Crippen LogP contribution >= 0.6 is 0 Å². The Balaban J connectivity index is 2.66. The molecule has 2 unspecified atom stereocenters. The van der Waals surface area contributed by atoms with E-state index >= 15 is 0 Å². The summed E-state index contributed by atoms with van der Waals surface area (Å²) in [5.41, 5.74) is 0. The van der Waals surface area contributed by atoms with Crippen molar-refractivity contribution in [2.24, 2.45) is 0 Å². The molecule has 1 saturated heterocycles. The molecular weight excluding hydrogens is 179 g/mol. The van der Waals surface area contributed by atoms with Crippen molar-refractivity contribution < 1.29 is 24.4 Å². The summed E-state index contributed by atoms with van der Waals surface area (Å²) in [4.78, 5) is 0. The Morgan fingerprint density at radius 3 is 2.23 bits per heavy atom. The van der Waals surface area contributed by atoms with Gasteiger partial charge in [0.15, 0.2) is 6.17 Å². The average Bonchev–Trinajstić information content (AvgIpc) is 2.15. The molecule has 0 aromatic carbocycles. The lowest BCUT2D eigenvalue weighted by Crippen LogP contribution is -2.56. The highest BCUT2D eigenvalue weighted by Gasteiger charge is 2.43. The molecule has 78 valence electrons. The highest BCUT2D eigenvalue weighted by molar-refractivity contribution is 4.91. The molecule has 0 aromatic heterocycles. The Kier molecular flexibility index (Phi) is 3.61. The van der Waals surface area contributed by atoms with Gasteiger partial charge in [-0.2, -0.15) is 0 Å². The van der Waals surface area contributed by atoms with E-state index in [9.17, 15) is 14.6 Å². The van der Waals surface area contributed by atoms with Crippen LogP contribution in [0.4, 0.5) is 4.39 Å². The predicted octanol–water partition coefficient (Wildman–Crippen LogP) is -0.784. The summed E-state index contributed by atoms with van der Waals surface area (Å²) in [6.45, 7) is 1.30. The van der Waals surface area contributed by atoms with Gasteiger partial charge in [-0.15, -0.1) is 0 Å². The summed E-state index contributed by atoms with van der Waals surface area (Å²) in [7, 11) is 0. The van der Waals surface area contributed by atoms with Crippen molar-refractivity contribution in [3.8, 4) is 0 Å². The lowest BCUT2D eigenvalue weighted by Gasteiger charge is -2.38. The van der Waals surface area contributed by atoms with E-state index in [0.29, 0.717) is 6.42 Å². The summed E-state index contributed by atoms with van der Waals surface area (Å²) < 4.78 is 18.2. The van der Waals surface area contributed by atoms with Gasteiger partial charge in [0.2, 0.25) is 0 Å². The van der Waals surface area contributed by atoms with Crippen LogP contribution in [0.25, 0.3) is 0 Å². The van der Waals surface area contributed by atoms with Crippen LogP contribution in [0.2, 0.25) is 0 Å². The SMILES string of the molecule is CC[C@@H]1OC(CO)[C@@H](O)[C@H](F)C1O. The van der Waals surface area contributed by atoms with Gasteiger partial charge in [0.25, 0.3) is 0 Å². The van der Waals surface area contributed by atoms with E-state index in [1.165, 1.54) is 0 Å². The second-order valence-corrected chi connectivity index (χ2v) is 3.23. The molecule has 0 bridgehead atoms. The number of ether oxygens (including phenoxy) is 1. The molecular formula is C8H15FO4. The van der Waals surface area contributed by atoms with E-state index in [2.05, 4.69) is 0 Å². The molecule has 0 radical (unpaired) electrons. The zero-order valence-corrected chi connectivity index (χ0v) is 7.43. The van der Waals surface area contributed by atoms with Gasteiger partial charge < -0.3 is 20.1 Å². The number of halogens is 1. The van der Waals surface area contributed by atoms with Crippen LogP contribution in [0, 0.1) is 0 Å². The van der Waals surface area contributed by atoms with E-state index in [-0.39, 0.29) is 0 Å². The van der Waals surface area contributed by atoms with Crippen molar-refractivity contribution in [1.82, 2.24) is 0 Å². The predicted molar refractivity (Wildman–Crippen MR) is 42.9 cm³/mol. The lowest BCUT2D eigenvalue weighted by molar-refractivity contribution is -0.212. The number of aliphatic hydroxyl groups is 3. The Bertz CT molecular complexity index is 146. The van der Waals surface area contributed by atoms with E-state index in [4.69, 9.17) is 9.84 Å². The Labute approximate surface area is 75.9 Å². The van der Waals surface area contributed by atoms with Gasteiger partial charge in [0.05, 0.1) is 12.7 Å². The fourth-order valence-corrected chi connectivity index (χ4v) is 1.49. The summed E-state index contributed by atoms with van der Waals surface area (Å²) in [5.74, 6) is 0. The molecule has 5 heteroatoms. The summed E-state index contributed by atoms with van der Waals surface area (Å²) in [6.07, 6.45) is -5.61. The number of hydrogen-bond acceptors (Lipinski definition) is 4. The van der Waals surface area contributed by atoms with Crippen LogP contribution in [-0.4, -0.2) is 52.5 Å². The molecule has 0 saturated carbocycles. The normalized spacial score (nSPS) is 46.4. The quantitative estimate of drug-likeness (QED) is 0.539. The van der Waals surface area contributed by atoms with Crippen LogP contribution in [-0.2, 0) is 4.74 Å². The number of alkyl halides is 1. The molecule has 1 rings (SSSR count). The summed E-state index contributed by atoms with van der Waals surface area (Å²) >= 11 is 0. The van der Waals surface area contributed by atoms with E-state index in [1.54, 1.807) is 6.92 Å². The Hall–Kier alpha value is -0.230. The largest absolute Gasteiger partial charge is 0.394 e. The van der Waals surface area contributed by atoms with Gasteiger partial charge in [-0.05, 0) is 6.42 Å². The Morgan fingerprint density at radius 1 is 1.23 bits per heavy atom. The van der Waals surface area contributed by atoms with E-state index < -0.39 is 37.2 Å². The second-order valence-electron chi connectivity index (χ2n) is 3.23. The highest BCUT2D eigenvalue weighted by Crippen LogP contribution is 2.24. The number of hydrogen-bond donors (Lipinski definition) is 3. The van der Waals surface area contributed by atoms with Crippen LogP contribution in [0.3, 0.4) is 0 Å². The van der Waals surface area contributed by atoms with Crippen LogP contribution in [0.15, 0.2) is 0 Å². The van der Waals surface area contributed by atoms with Crippen molar-refractivity contribution >= 4 is 0 Å². The monoisotopic (exact) mass is 194 g/mol. The smallest absolute Gasteiger partial charge is 0.157 e. The molecule has 1 fully saturated rings. The maximum absolute atomic E-state index is 13.2. The molecule has 3 N–H and O–H groups in total. The van der Waals surface area contributed by atoms with Crippen LogP contribution < -0.4 is 0 Å². The fraction of sp³-hybridized carbons (Fsp3) is 1.00. The van der Waals surface area contributed by atoms with E-state index in [0.717, 1.165) is 0 Å². The third-order valence-corrected chi connectivity index (χ3v) is 2.35. The summed E-state index contributed by atoms with van der Waals surface area (Å²) in [6, 6.07) is 0. The molecule has 4 nitrogen and oxygen atoms in total. The molecule has 0 spiro atoms. The van der Waals surface area contributed by atoms with Gasteiger partial charge in [-0.25, -0.2) is 4.39 Å². The molecule has 0 aliphatic carbocycles. The van der Waals surface area contributed by atoms with Crippen molar-refractivity contribution in [1.29, 1.82) is 0 Å². The summed E-state index contributed by atoms with van der Waals surface area (Å²) in [5, 5.41) is 27.2. The van der Waals surface area contributed by atoms with Gasteiger partial charge in [0.1, 0.15) is 18.3 Å². The van der Waals surface area contributed by atoms with Gasteiger partial charge >= 0.3 is 0 Å². The van der Waals surface area contributed by atoms with Crippen LogP contribution in [0.5, 0.6) is 0 Å². The van der Waals surface area contributed by atoms with Crippen molar-refractivity contribution in [2.45, 2.75) is 43.9 Å². The molecule has 13 heavy (non-hydrogen) atoms. The molecule has 1 aliphatic rings. The maximum atomic E-state index is 13.2. The minimum Gasteiger partial charge on any atom is -0.394 e. The maximum Gasteiger partial charge on any atom is 0.157 e. The minimum atomic E-state index is -1.74. The first-order chi connectivity index (χ1) is 6.11. The first kappa shape index (κ1) is 10.8. The zero-order valence-electron chi connectivity index (χ0n) is 7.43. The van der Waals surface area contributed by atoms with E-state index in [1.807, 2.05) is 0 Å². The molecule has 0 amide bonds. The second kappa shape index (κ2) is 4.32. The average molecular weight is 194 g/mol. The van der Waals surface area contributed by atoms with Crippen molar-refractivity contribution in [3.63, 3.8) is 0 Å². The molecule has 0 aromatic rings.